The van der Waals surface area contributed by atoms with Gasteiger partial charge in [0.2, 0.25) is 10.0 Å². The number of nitrogens with zero attached hydrogens (tertiary/aromatic N) is 1. The van der Waals surface area contributed by atoms with Crippen molar-refractivity contribution in [1.82, 2.24) is 4.31 Å². The van der Waals surface area contributed by atoms with Crippen molar-refractivity contribution >= 4 is 37.5 Å². The number of carbonyl (C=O) groups is 1. The van der Waals surface area contributed by atoms with Crippen LogP contribution in [0.1, 0.15) is 6.92 Å². The monoisotopic (exact) mass is 426 g/mol. The summed E-state index contributed by atoms with van der Waals surface area (Å²) in [6, 6.07) is 13.3. The summed E-state index contributed by atoms with van der Waals surface area (Å²) in [5.74, 6) is 0.101. The van der Waals surface area contributed by atoms with Crippen LogP contribution in [-0.4, -0.2) is 38.8 Å². The molecule has 6 nitrogen and oxygen atoms in total. The van der Waals surface area contributed by atoms with Gasteiger partial charge in [-0.3, -0.25) is 4.79 Å². The zero-order valence-corrected chi connectivity index (χ0v) is 16.5. The Balaban J connectivity index is 2.16. The van der Waals surface area contributed by atoms with Gasteiger partial charge in [0.05, 0.1) is 5.69 Å². The van der Waals surface area contributed by atoms with Gasteiger partial charge in [-0.1, -0.05) is 28.1 Å². The van der Waals surface area contributed by atoms with Crippen molar-refractivity contribution in [2.24, 2.45) is 0 Å². The summed E-state index contributed by atoms with van der Waals surface area (Å²) < 4.78 is 32.3. The lowest BCUT2D eigenvalue weighted by Crippen LogP contribution is -2.31. The molecule has 1 unspecified atom stereocenters. The van der Waals surface area contributed by atoms with E-state index in [0.29, 0.717) is 5.75 Å². The first kappa shape index (κ1) is 19.4. The number of hydrogen-bond acceptors (Lipinski definition) is 4. The van der Waals surface area contributed by atoms with Crippen LogP contribution >= 0.6 is 15.9 Å². The normalized spacial score (nSPS) is 12.7. The average molecular weight is 427 g/mol. The summed E-state index contributed by atoms with van der Waals surface area (Å²) in [4.78, 5) is 12.4. The van der Waals surface area contributed by atoms with E-state index in [9.17, 15) is 13.2 Å². The number of hydrogen-bond donors (Lipinski definition) is 1. The van der Waals surface area contributed by atoms with Crippen molar-refractivity contribution in [1.29, 1.82) is 0 Å². The maximum atomic E-state index is 12.4. The predicted molar refractivity (Wildman–Crippen MR) is 100 cm³/mol. The van der Waals surface area contributed by atoms with Crippen LogP contribution < -0.4 is 10.1 Å². The second-order valence-corrected chi connectivity index (χ2v) is 8.52. The van der Waals surface area contributed by atoms with Crippen molar-refractivity contribution in [2.45, 2.75) is 17.9 Å². The number of carbonyl (C=O) groups excluding carboxylic acids is 1. The Morgan fingerprint density at radius 2 is 1.72 bits per heavy atom. The SMILES string of the molecule is CC(Oc1ccc(Br)cc1)C(=O)Nc1ccccc1S(=O)(=O)N(C)C. The van der Waals surface area contributed by atoms with E-state index in [-0.39, 0.29) is 10.6 Å². The maximum Gasteiger partial charge on any atom is 0.265 e. The third kappa shape index (κ3) is 4.81. The number of halogens is 1. The van der Waals surface area contributed by atoms with E-state index in [1.807, 2.05) is 0 Å². The number of sulfonamides is 1. The molecule has 0 saturated heterocycles. The van der Waals surface area contributed by atoms with Gasteiger partial charge in [0.1, 0.15) is 10.6 Å². The zero-order valence-electron chi connectivity index (χ0n) is 14.1. The van der Waals surface area contributed by atoms with Gasteiger partial charge in [0, 0.05) is 18.6 Å². The Hall–Kier alpha value is -1.90. The summed E-state index contributed by atoms with van der Waals surface area (Å²) in [6.07, 6.45) is -0.795. The van der Waals surface area contributed by atoms with E-state index in [1.165, 1.54) is 20.2 Å². The third-order valence-electron chi connectivity index (χ3n) is 3.40. The van der Waals surface area contributed by atoms with Crippen molar-refractivity contribution in [3.05, 3.63) is 53.0 Å². The van der Waals surface area contributed by atoms with Gasteiger partial charge < -0.3 is 10.1 Å². The molecule has 0 radical (unpaired) electrons. The molecular weight excluding hydrogens is 408 g/mol. The Bertz CT molecular complexity index is 851. The van der Waals surface area contributed by atoms with Gasteiger partial charge in [-0.15, -0.1) is 0 Å². The molecule has 0 heterocycles. The molecule has 0 aromatic heterocycles. The molecular formula is C17H19BrN2O4S. The number of benzene rings is 2. The van der Waals surface area contributed by atoms with Gasteiger partial charge in [-0.2, -0.15) is 0 Å². The third-order valence-corrected chi connectivity index (χ3v) is 5.80. The number of rotatable bonds is 6. The minimum Gasteiger partial charge on any atom is -0.481 e. The molecule has 0 bridgehead atoms. The van der Waals surface area contributed by atoms with E-state index in [4.69, 9.17) is 4.74 Å². The summed E-state index contributed by atoms with van der Waals surface area (Å²) in [5, 5.41) is 2.62. The fourth-order valence-electron chi connectivity index (χ4n) is 2.00. The lowest BCUT2D eigenvalue weighted by atomic mass is 10.3. The van der Waals surface area contributed by atoms with Gasteiger partial charge in [0.15, 0.2) is 6.10 Å². The molecule has 0 aliphatic rings. The van der Waals surface area contributed by atoms with Gasteiger partial charge in [-0.05, 0) is 43.3 Å². The predicted octanol–water partition coefficient (Wildman–Crippen LogP) is 3.11. The maximum absolute atomic E-state index is 12.4. The highest BCUT2D eigenvalue weighted by atomic mass is 79.9. The van der Waals surface area contributed by atoms with Crippen molar-refractivity contribution < 1.29 is 17.9 Å². The van der Waals surface area contributed by atoms with Crippen LogP contribution in [-0.2, 0) is 14.8 Å². The first-order chi connectivity index (χ1) is 11.7. The fraction of sp³-hybridized carbons (Fsp3) is 0.235. The fourth-order valence-corrected chi connectivity index (χ4v) is 3.30. The summed E-state index contributed by atoms with van der Waals surface area (Å²) in [5.41, 5.74) is 0.215. The van der Waals surface area contributed by atoms with Crippen molar-refractivity contribution in [2.75, 3.05) is 19.4 Å². The van der Waals surface area contributed by atoms with Crippen LogP contribution in [0, 0.1) is 0 Å². The highest BCUT2D eigenvalue weighted by molar-refractivity contribution is 9.10. The Morgan fingerprint density at radius 1 is 1.12 bits per heavy atom. The largest absolute Gasteiger partial charge is 0.481 e. The number of ether oxygens (including phenoxy) is 1. The molecule has 2 rings (SSSR count). The lowest BCUT2D eigenvalue weighted by molar-refractivity contribution is -0.122. The minimum atomic E-state index is -3.67. The number of nitrogens with one attached hydrogen (secondary N) is 1. The first-order valence-electron chi connectivity index (χ1n) is 7.46. The molecule has 8 heteroatoms. The summed E-state index contributed by atoms with van der Waals surface area (Å²) in [7, 11) is -0.795. The molecule has 134 valence electrons. The van der Waals surface area contributed by atoms with Gasteiger partial charge in [0.25, 0.3) is 5.91 Å². The van der Waals surface area contributed by atoms with Gasteiger partial charge >= 0.3 is 0 Å². The molecule has 1 atom stereocenters. The molecule has 0 spiro atoms. The standard InChI is InChI=1S/C17H19BrN2O4S/c1-12(24-14-10-8-13(18)9-11-14)17(21)19-15-6-4-5-7-16(15)25(22,23)20(2)3/h4-12H,1-3H3,(H,19,21). The van der Waals surface area contributed by atoms with E-state index in [1.54, 1.807) is 49.4 Å². The minimum absolute atomic E-state index is 0.0317. The van der Waals surface area contributed by atoms with E-state index in [2.05, 4.69) is 21.2 Å². The highest BCUT2D eigenvalue weighted by Crippen LogP contribution is 2.24. The molecule has 1 N–H and O–H groups in total. The zero-order chi connectivity index (χ0) is 18.6. The molecule has 25 heavy (non-hydrogen) atoms. The molecule has 0 aliphatic carbocycles. The Labute approximate surface area is 156 Å². The molecule has 0 fully saturated rings. The quantitative estimate of drug-likeness (QED) is 0.769. The second kappa shape index (κ2) is 7.99. The van der Waals surface area contributed by atoms with Crippen LogP contribution in [0.25, 0.3) is 0 Å². The molecule has 2 aromatic rings. The van der Waals surface area contributed by atoms with E-state index >= 15 is 0 Å². The summed E-state index contributed by atoms with van der Waals surface area (Å²) >= 11 is 3.33. The Morgan fingerprint density at radius 3 is 2.32 bits per heavy atom. The Kier molecular flexibility index (Phi) is 6.21. The van der Waals surface area contributed by atoms with Crippen LogP contribution in [0.3, 0.4) is 0 Å². The van der Waals surface area contributed by atoms with Gasteiger partial charge in [-0.25, -0.2) is 12.7 Å². The van der Waals surface area contributed by atoms with Crippen LogP contribution in [0.2, 0.25) is 0 Å². The van der Waals surface area contributed by atoms with E-state index < -0.39 is 22.0 Å². The molecule has 2 aromatic carbocycles. The van der Waals surface area contributed by atoms with Crippen LogP contribution in [0.5, 0.6) is 5.75 Å². The first-order valence-corrected chi connectivity index (χ1v) is 9.70. The van der Waals surface area contributed by atoms with Crippen LogP contribution in [0.15, 0.2) is 57.9 Å². The molecule has 1 amide bonds. The van der Waals surface area contributed by atoms with Crippen molar-refractivity contribution in [3.8, 4) is 5.75 Å². The van der Waals surface area contributed by atoms with E-state index in [0.717, 1.165) is 8.78 Å². The second-order valence-electron chi connectivity index (χ2n) is 5.49. The number of para-hydroxylation sites is 1. The topological polar surface area (TPSA) is 75.7 Å². The van der Waals surface area contributed by atoms with Crippen molar-refractivity contribution in [3.63, 3.8) is 0 Å². The number of amides is 1. The molecule has 0 saturated carbocycles. The smallest absolute Gasteiger partial charge is 0.265 e. The number of anilines is 1. The lowest BCUT2D eigenvalue weighted by Gasteiger charge is -2.18. The highest BCUT2D eigenvalue weighted by Gasteiger charge is 2.23. The average Bonchev–Trinajstić information content (AvgIpc) is 2.57. The molecule has 0 aliphatic heterocycles. The summed E-state index contributed by atoms with van der Waals surface area (Å²) in [6.45, 7) is 1.60. The van der Waals surface area contributed by atoms with Crippen LogP contribution in [0.4, 0.5) is 5.69 Å².